The Labute approximate surface area is 104 Å². The van der Waals surface area contributed by atoms with Crippen molar-refractivity contribution in [3.8, 4) is 17.0 Å². The van der Waals surface area contributed by atoms with E-state index in [1.165, 1.54) is 6.33 Å². The first-order chi connectivity index (χ1) is 8.75. The Bertz CT molecular complexity index is 725. The van der Waals surface area contributed by atoms with Gasteiger partial charge in [-0.1, -0.05) is 12.1 Å². The molecule has 0 bridgehead atoms. The fraction of sp³-hybridized carbons (Fsp3) is 0. The lowest BCUT2D eigenvalue weighted by Gasteiger charge is -2.07. The Morgan fingerprint density at radius 1 is 1.00 bits per heavy atom. The number of nitrogens with two attached hydrogens (primary N) is 1. The summed E-state index contributed by atoms with van der Waals surface area (Å²) in [5, 5.41) is 10.8. The van der Waals surface area contributed by atoms with Crippen molar-refractivity contribution in [1.82, 2.24) is 9.97 Å². The van der Waals surface area contributed by atoms with E-state index in [1.807, 2.05) is 18.2 Å². The Kier molecular flexibility index (Phi) is 2.34. The second kappa shape index (κ2) is 4.00. The van der Waals surface area contributed by atoms with Crippen molar-refractivity contribution in [2.45, 2.75) is 0 Å². The van der Waals surface area contributed by atoms with E-state index in [2.05, 4.69) is 9.97 Å². The average molecular weight is 237 g/mol. The third kappa shape index (κ3) is 1.64. The van der Waals surface area contributed by atoms with Gasteiger partial charge in [0, 0.05) is 16.6 Å². The van der Waals surface area contributed by atoms with E-state index in [1.54, 1.807) is 24.3 Å². The normalized spacial score (nSPS) is 10.7. The second-order valence-corrected chi connectivity index (χ2v) is 4.02. The zero-order valence-electron chi connectivity index (χ0n) is 9.54. The van der Waals surface area contributed by atoms with Gasteiger partial charge in [0.05, 0.1) is 11.2 Å². The maximum absolute atomic E-state index is 9.89. The molecular weight excluding hydrogens is 226 g/mol. The van der Waals surface area contributed by atoms with Crippen LogP contribution < -0.4 is 5.73 Å². The fourth-order valence-electron chi connectivity index (χ4n) is 1.96. The van der Waals surface area contributed by atoms with E-state index >= 15 is 0 Å². The largest absolute Gasteiger partial charge is 0.507 e. The standard InChI is InChI=1S/C14H11N3O/c15-9-5-6-10-12(7-9)16-8-17-14(10)11-3-1-2-4-13(11)18/h1-8,18H,15H2. The lowest BCUT2D eigenvalue weighted by molar-refractivity contribution is 0.477. The highest BCUT2D eigenvalue weighted by atomic mass is 16.3. The van der Waals surface area contributed by atoms with E-state index in [-0.39, 0.29) is 5.75 Å². The molecule has 0 atom stereocenters. The minimum absolute atomic E-state index is 0.203. The van der Waals surface area contributed by atoms with Crippen LogP contribution in [0, 0.1) is 0 Å². The van der Waals surface area contributed by atoms with E-state index in [0.29, 0.717) is 16.9 Å². The van der Waals surface area contributed by atoms with Gasteiger partial charge in [-0.3, -0.25) is 0 Å². The van der Waals surface area contributed by atoms with Crippen LogP contribution in [-0.4, -0.2) is 15.1 Å². The van der Waals surface area contributed by atoms with Gasteiger partial charge in [-0.05, 0) is 30.3 Å². The summed E-state index contributed by atoms with van der Waals surface area (Å²) >= 11 is 0. The number of phenols is 1. The molecule has 3 aromatic rings. The molecule has 0 amide bonds. The van der Waals surface area contributed by atoms with Crippen LogP contribution in [0.25, 0.3) is 22.2 Å². The first kappa shape index (κ1) is 10.5. The Balaban J connectivity index is 2.33. The molecule has 4 nitrogen and oxygen atoms in total. The third-order valence-electron chi connectivity index (χ3n) is 2.82. The van der Waals surface area contributed by atoms with Crippen LogP contribution in [0.15, 0.2) is 48.8 Å². The first-order valence-corrected chi connectivity index (χ1v) is 5.54. The van der Waals surface area contributed by atoms with Gasteiger partial charge < -0.3 is 10.8 Å². The highest BCUT2D eigenvalue weighted by Gasteiger charge is 2.09. The van der Waals surface area contributed by atoms with Gasteiger partial charge in [0.1, 0.15) is 12.1 Å². The second-order valence-electron chi connectivity index (χ2n) is 4.02. The Morgan fingerprint density at radius 2 is 1.83 bits per heavy atom. The molecule has 0 spiro atoms. The fourth-order valence-corrected chi connectivity index (χ4v) is 1.96. The average Bonchev–Trinajstić information content (AvgIpc) is 2.38. The number of aromatic hydroxyl groups is 1. The molecule has 0 aliphatic rings. The van der Waals surface area contributed by atoms with E-state index in [9.17, 15) is 5.11 Å². The van der Waals surface area contributed by atoms with Crippen LogP contribution in [0.4, 0.5) is 5.69 Å². The van der Waals surface area contributed by atoms with Crippen LogP contribution in [0.1, 0.15) is 0 Å². The molecule has 1 heterocycles. The summed E-state index contributed by atoms with van der Waals surface area (Å²) in [4.78, 5) is 8.44. The third-order valence-corrected chi connectivity index (χ3v) is 2.82. The molecule has 0 unspecified atom stereocenters. The Morgan fingerprint density at radius 3 is 2.67 bits per heavy atom. The van der Waals surface area contributed by atoms with Crippen molar-refractivity contribution < 1.29 is 5.11 Å². The molecule has 0 fully saturated rings. The van der Waals surface area contributed by atoms with Crippen molar-refractivity contribution in [1.29, 1.82) is 0 Å². The molecular formula is C14H11N3O. The molecule has 0 saturated heterocycles. The first-order valence-electron chi connectivity index (χ1n) is 5.54. The number of nitrogen functional groups attached to an aromatic ring is 1. The van der Waals surface area contributed by atoms with Crippen LogP contribution in [0.5, 0.6) is 5.75 Å². The van der Waals surface area contributed by atoms with Gasteiger partial charge in [0.25, 0.3) is 0 Å². The number of aromatic nitrogens is 2. The smallest absolute Gasteiger partial charge is 0.124 e. The molecule has 0 aliphatic carbocycles. The number of hydrogen-bond acceptors (Lipinski definition) is 4. The number of nitrogens with zero attached hydrogens (tertiary/aromatic N) is 2. The molecule has 0 saturated carbocycles. The monoisotopic (exact) mass is 237 g/mol. The number of fused-ring (bicyclic) bond motifs is 1. The quantitative estimate of drug-likeness (QED) is 0.638. The molecule has 3 rings (SSSR count). The van der Waals surface area contributed by atoms with Crippen LogP contribution in [0.3, 0.4) is 0 Å². The van der Waals surface area contributed by atoms with Crippen molar-refractivity contribution in [3.63, 3.8) is 0 Å². The summed E-state index contributed by atoms with van der Waals surface area (Å²) in [5.41, 5.74) is 8.55. The maximum atomic E-state index is 9.89. The van der Waals surface area contributed by atoms with Crippen LogP contribution in [0.2, 0.25) is 0 Å². The molecule has 0 aliphatic heterocycles. The van der Waals surface area contributed by atoms with Gasteiger partial charge in [-0.25, -0.2) is 9.97 Å². The summed E-state index contributed by atoms with van der Waals surface area (Å²) in [6.07, 6.45) is 1.48. The lowest BCUT2D eigenvalue weighted by Crippen LogP contribution is -1.91. The number of para-hydroxylation sites is 1. The number of benzene rings is 2. The Hall–Kier alpha value is -2.62. The van der Waals surface area contributed by atoms with Crippen molar-refractivity contribution in [2.75, 3.05) is 5.73 Å². The van der Waals surface area contributed by atoms with Crippen LogP contribution >= 0.6 is 0 Å². The summed E-state index contributed by atoms with van der Waals surface area (Å²) in [7, 11) is 0. The van der Waals surface area contributed by atoms with Gasteiger partial charge in [0.2, 0.25) is 0 Å². The van der Waals surface area contributed by atoms with E-state index < -0.39 is 0 Å². The summed E-state index contributed by atoms with van der Waals surface area (Å²) in [6.45, 7) is 0. The topological polar surface area (TPSA) is 72.0 Å². The highest BCUT2D eigenvalue weighted by Crippen LogP contribution is 2.32. The van der Waals surface area contributed by atoms with E-state index in [0.717, 1.165) is 10.9 Å². The summed E-state index contributed by atoms with van der Waals surface area (Å²) in [5.74, 6) is 0.203. The molecule has 4 heteroatoms. The van der Waals surface area contributed by atoms with Crippen LogP contribution in [-0.2, 0) is 0 Å². The number of anilines is 1. The lowest BCUT2D eigenvalue weighted by atomic mass is 10.1. The number of phenolic OH excluding ortho intramolecular Hbond substituents is 1. The zero-order chi connectivity index (χ0) is 12.5. The predicted octanol–water partition coefficient (Wildman–Crippen LogP) is 2.58. The molecule has 88 valence electrons. The zero-order valence-corrected chi connectivity index (χ0v) is 9.54. The molecule has 1 aromatic heterocycles. The summed E-state index contributed by atoms with van der Waals surface area (Å²) < 4.78 is 0. The summed E-state index contributed by atoms with van der Waals surface area (Å²) in [6, 6.07) is 12.6. The SMILES string of the molecule is Nc1ccc2c(-c3ccccc3O)ncnc2c1. The minimum atomic E-state index is 0.203. The molecule has 18 heavy (non-hydrogen) atoms. The van der Waals surface area contributed by atoms with Gasteiger partial charge in [-0.15, -0.1) is 0 Å². The van der Waals surface area contributed by atoms with Crippen molar-refractivity contribution in [3.05, 3.63) is 48.8 Å². The van der Waals surface area contributed by atoms with E-state index in [4.69, 9.17) is 5.73 Å². The number of hydrogen-bond donors (Lipinski definition) is 2. The maximum Gasteiger partial charge on any atom is 0.124 e. The molecule has 2 aromatic carbocycles. The van der Waals surface area contributed by atoms with Gasteiger partial charge in [0.15, 0.2) is 0 Å². The minimum Gasteiger partial charge on any atom is -0.507 e. The predicted molar refractivity (Wildman–Crippen MR) is 71.1 cm³/mol. The van der Waals surface area contributed by atoms with Gasteiger partial charge >= 0.3 is 0 Å². The molecule has 3 N–H and O–H groups in total. The number of rotatable bonds is 1. The van der Waals surface area contributed by atoms with Crippen molar-refractivity contribution in [2.24, 2.45) is 0 Å². The highest BCUT2D eigenvalue weighted by molar-refractivity contribution is 5.94. The molecule has 0 radical (unpaired) electrons. The van der Waals surface area contributed by atoms with Crippen molar-refractivity contribution >= 4 is 16.6 Å². The van der Waals surface area contributed by atoms with Gasteiger partial charge in [-0.2, -0.15) is 0 Å².